The maximum absolute atomic E-state index is 12.6. The fraction of sp³-hybridized carbons (Fsp3) is 0.174. The molecule has 0 aliphatic carbocycles. The van der Waals surface area contributed by atoms with Crippen molar-refractivity contribution in [2.45, 2.75) is 6.42 Å². The summed E-state index contributed by atoms with van der Waals surface area (Å²) >= 11 is 1.29. The van der Waals surface area contributed by atoms with Crippen LogP contribution >= 0.6 is 11.3 Å². The molecular weight excluding hydrogens is 412 g/mol. The van der Waals surface area contributed by atoms with E-state index in [0.29, 0.717) is 17.3 Å². The molecule has 2 aromatic carbocycles. The van der Waals surface area contributed by atoms with Crippen LogP contribution in [0.15, 0.2) is 66.3 Å². The Balaban J connectivity index is 1.44. The van der Waals surface area contributed by atoms with Gasteiger partial charge in [-0.15, -0.1) is 11.3 Å². The average Bonchev–Trinajstić information content (AvgIpc) is 3.32. The van der Waals surface area contributed by atoms with Crippen LogP contribution in [0, 0.1) is 5.92 Å². The van der Waals surface area contributed by atoms with Crippen molar-refractivity contribution in [3.05, 3.63) is 77.6 Å². The van der Waals surface area contributed by atoms with Crippen molar-refractivity contribution in [2.24, 2.45) is 5.92 Å². The van der Waals surface area contributed by atoms with E-state index in [0.717, 1.165) is 16.3 Å². The zero-order chi connectivity index (χ0) is 21.6. The predicted molar refractivity (Wildman–Crippen MR) is 119 cm³/mol. The second-order valence-corrected chi connectivity index (χ2v) is 7.78. The first-order valence-electron chi connectivity index (χ1n) is 9.70. The van der Waals surface area contributed by atoms with E-state index >= 15 is 0 Å². The number of rotatable bonds is 7. The third-order valence-electron chi connectivity index (χ3n) is 4.83. The van der Waals surface area contributed by atoms with Crippen LogP contribution in [0.5, 0.6) is 0 Å². The lowest BCUT2D eigenvalue weighted by Gasteiger charge is -2.15. The highest BCUT2D eigenvalue weighted by atomic mass is 32.1. The molecule has 0 saturated carbocycles. The van der Waals surface area contributed by atoms with E-state index < -0.39 is 5.92 Å². The number of carbonyl (C=O) groups is 2. The van der Waals surface area contributed by atoms with Crippen molar-refractivity contribution in [1.29, 1.82) is 0 Å². The number of ether oxygens (including phenoxy) is 1. The van der Waals surface area contributed by atoms with Crippen molar-refractivity contribution < 1.29 is 14.3 Å². The first-order valence-corrected chi connectivity index (χ1v) is 10.6. The Hall–Kier alpha value is -3.65. The van der Waals surface area contributed by atoms with Gasteiger partial charge in [0.1, 0.15) is 5.69 Å². The molecule has 8 heteroatoms. The molecule has 156 valence electrons. The number of hydrogen-bond donors (Lipinski definition) is 1. The number of thiazole rings is 1. The molecule has 0 aliphatic heterocycles. The molecule has 0 fully saturated rings. The Bertz CT molecular complexity index is 1210. The quantitative estimate of drug-likeness (QED) is 0.449. The van der Waals surface area contributed by atoms with E-state index in [-0.39, 0.29) is 24.1 Å². The monoisotopic (exact) mass is 432 g/mol. The molecule has 4 rings (SSSR count). The summed E-state index contributed by atoms with van der Waals surface area (Å²) in [5.41, 5.74) is 1.27. The topological polar surface area (TPSA) is 94.1 Å². The molecule has 2 heterocycles. The van der Waals surface area contributed by atoms with E-state index in [2.05, 4.69) is 26.3 Å². The standard InChI is InChI=1S/C23H20N4O3S/c1-30-23(29)18(12-15-7-8-16-5-2-3-6-17(16)11-15)13-26-21(28)19-14-31-22(27-19)20-24-9-4-10-25-20/h2-11,14,18H,12-13H2,1H3,(H,26,28). The number of carbonyl (C=O) groups excluding carboxylic acids is 2. The van der Waals surface area contributed by atoms with Crippen molar-refractivity contribution >= 4 is 34.0 Å². The van der Waals surface area contributed by atoms with Crippen LogP contribution in [0.1, 0.15) is 16.1 Å². The number of methoxy groups -OCH3 is 1. The van der Waals surface area contributed by atoms with Crippen LogP contribution in [0.2, 0.25) is 0 Å². The normalized spacial score (nSPS) is 11.8. The van der Waals surface area contributed by atoms with Gasteiger partial charge in [0.05, 0.1) is 13.0 Å². The first-order chi connectivity index (χ1) is 15.1. The summed E-state index contributed by atoms with van der Waals surface area (Å²) in [6.07, 6.45) is 3.70. The Kier molecular flexibility index (Phi) is 6.28. The summed E-state index contributed by atoms with van der Waals surface area (Å²) in [5.74, 6) is -0.767. The highest BCUT2D eigenvalue weighted by Gasteiger charge is 2.22. The minimum absolute atomic E-state index is 0.146. The molecule has 0 aliphatic rings. The van der Waals surface area contributed by atoms with E-state index in [1.165, 1.54) is 18.4 Å². The van der Waals surface area contributed by atoms with Gasteiger partial charge in [-0.2, -0.15) is 0 Å². The molecule has 1 atom stereocenters. The Morgan fingerprint density at radius 2 is 1.84 bits per heavy atom. The minimum atomic E-state index is -0.509. The number of hydrogen-bond acceptors (Lipinski definition) is 7. The lowest BCUT2D eigenvalue weighted by atomic mass is 9.97. The molecule has 7 nitrogen and oxygen atoms in total. The minimum Gasteiger partial charge on any atom is -0.469 e. The zero-order valence-electron chi connectivity index (χ0n) is 16.8. The number of benzene rings is 2. The van der Waals surface area contributed by atoms with Crippen molar-refractivity contribution in [1.82, 2.24) is 20.3 Å². The SMILES string of the molecule is COC(=O)C(CNC(=O)c1csc(-c2ncccn2)n1)Cc1ccc2ccccc2c1. The molecule has 1 N–H and O–H groups in total. The van der Waals surface area contributed by atoms with Crippen LogP contribution in [-0.2, 0) is 16.0 Å². The van der Waals surface area contributed by atoms with Gasteiger partial charge in [-0.25, -0.2) is 15.0 Å². The number of aromatic nitrogens is 3. The maximum Gasteiger partial charge on any atom is 0.310 e. The molecule has 4 aromatic rings. The zero-order valence-corrected chi connectivity index (χ0v) is 17.6. The molecule has 0 saturated heterocycles. The number of esters is 1. The highest BCUT2D eigenvalue weighted by Crippen LogP contribution is 2.20. The Labute approximate surface area is 183 Å². The summed E-state index contributed by atoms with van der Waals surface area (Å²) in [6.45, 7) is 0.146. The van der Waals surface area contributed by atoms with Gasteiger partial charge < -0.3 is 10.1 Å². The number of nitrogens with one attached hydrogen (secondary N) is 1. The number of fused-ring (bicyclic) bond motifs is 1. The Morgan fingerprint density at radius 1 is 1.06 bits per heavy atom. The maximum atomic E-state index is 12.6. The number of nitrogens with zero attached hydrogens (tertiary/aromatic N) is 3. The summed E-state index contributed by atoms with van der Waals surface area (Å²) in [6, 6.07) is 15.8. The molecule has 2 aromatic heterocycles. The van der Waals surface area contributed by atoms with Gasteiger partial charge in [0.25, 0.3) is 5.91 Å². The molecule has 31 heavy (non-hydrogen) atoms. The van der Waals surface area contributed by atoms with Gasteiger partial charge in [0.15, 0.2) is 10.8 Å². The molecule has 1 amide bonds. The van der Waals surface area contributed by atoms with Gasteiger partial charge in [0.2, 0.25) is 0 Å². The van der Waals surface area contributed by atoms with Crippen LogP contribution in [0.4, 0.5) is 0 Å². The largest absolute Gasteiger partial charge is 0.469 e. The first kappa shape index (κ1) is 20.6. The van der Waals surface area contributed by atoms with Crippen molar-refractivity contribution in [3.8, 4) is 10.8 Å². The molecule has 0 bridgehead atoms. The van der Waals surface area contributed by atoms with Crippen molar-refractivity contribution in [3.63, 3.8) is 0 Å². The molecule has 0 radical (unpaired) electrons. The second kappa shape index (κ2) is 9.44. The van der Waals surface area contributed by atoms with E-state index in [4.69, 9.17) is 4.74 Å². The fourth-order valence-electron chi connectivity index (χ4n) is 3.25. The highest BCUT2D eigenvalue weighted by molar-refractivity contribution is 7.13. The average molecular weight is 433 g/mol. The van der Waals surface area contributed by atoms with Crippen LogP contribution in [-0.4, -0.2) is 40.5 Å². The third kappa shape index (κ3) is 4.92. The van der Waals surface area contributed by atoms with Gasteiger partial charge in [0, 0.05) is 24.3 Å². The number of amides is 1. The summed E-state index contributed by atoms with van der Waals surface area (Å²) in [4.78, 5) is 37.5. The van der Waals surface area contributed by atoms with E-state index in [1.807, 2.05) is 36.4 Å². The molecule has 1 unspecified atom stereocenters. The van der Waals surface area contributed by atoms with Gasteiger partial charge in [-0.1, -0.05) is 42.5 Å². The molecule has 0 spiro atoms. The van der Waals surface area contributed by atoms with Crippen LogP contribution in [0.3, 0.4) is 0 Å². The summed E-state index contributed by atoms with van der Waals surface area (Å²) < 4.78 is 4.95. The fourth-order valence-corrected chi connectivity index (χ4v) is 4.00. The van der Waals surface area contributed by atoms with Crippen molar-refractivity contribution in [2.75, 3.05) is 13.7 Å². The second-order valence-electron chi connectivity index (χ2n) is 6.93. The van der Waals surface area contributed by atoms with Crippen LogP contribution in [0.25, 0.3) is 21.6 Å². The third-order valence-corrected chi connectivity index (χ3v) is 5.67. The van der Waals surface area contributed by atoms with Crippen LogP contribution < -0.4 is 5.32 Å². The van der Waals surface area contributed by atoms with Gasteiger partial charge in [-0.3, -0.25) is 9.59 Å². The Morgan fingerprint density at radius 3 is 2.61 bits per heavy atom. The smallest absolute Gasteiger partial charge is 0.310 e. The predicted octanol–water partition coefficient (Wildman–Crippen LogP) is 3.52. The van der Waals surface area contributed by atoms with Gasteiger partial charge in [-0.05, 0) is 28.8 Å². The lowest BCUT2D eigenvalue weighted by molar-refractivity contribution is -0.145. The summed E-state index contributed by atoms with van der Waals surface area (Å²) in [5, 5.41) is 7.25. The molecular formula is C23H20N4O3S. The van der Waals surface area contributed by atoms with Gasteiger partial charge >= 0.3 is 5.97 Å². The summed E-state index contributed by atoms with van der Waals surface area (Å²) in [7, 11) is 1.35. The lowest BCUT2D eigenvalue weighted by Crippen LogP contribution is -2.34. The van der Waals surface area contributed by atoms with E-state index in [9.17, 15) is 9.59 Å². The van der Waals surface area contributed by atoms with E-state index in [1.54, 1.807) is 23.8 Å².